The van der Waals surface area contributed by atoms with Crippen LogP contribution in [0, 0.1) is 11.8 Å². The van der Waals surface area contributed by atoms with E-state index >= 15 is 0 Å². The Balaban J connectivity index is 0.000000686. The first-order valence-corrected chi connectivity index (χ1v) is 7.52. The van der Waals surface area contributed by atoms with Crippen LogP contribution < -0.4 is 5.32 Å². The summed E-state index contributed by atoms with van der Waals surface area (Å²) in [6.45, 7) is 6.26. The lowest BCUT2D eigenvalue weighted by atomic mass is 9.72. The first kappa shape index (κ1) is 14.7. The Morgan fingerprint density at radius 2 is 1.71 bits per heavy atom. The molecule has 2 nitrogen and oxygen atoms in total. The second-order valence-electron chi connectivity index (χ2n) is 5.35. The summed E-state index contributed by atoms with van der Waals surface area (Å²) in [4.78, 5) is 10.9. The van der Waals surface area contributed by atoms with E-state index in [-0.39, 0.29) is 6.04 Å². The minimum atomic E-state index is 0.126. The van der Waals surface area contributed by atoms with Crippen molar-refractivity contribution in [3.8, 4) is 0 Å². The van der Waals surface area contributed by atoms with Gasteiger partial charge < -0.3 is 10.1 Å². The van der Waals surface area contributed by atoms with E-state index in [2.05, 4.69) is 12.2 Å². The third kappa shape index (κ3) is 4.09. The van der Waals surface area contributed by atoms with Gasteiger partial charge in [0.05, 0.1) is 6.04 Å². The van der Waals surface area contributed by atoms with Crippen molar-refractivity contribution in [1.82, 2.24) is 5.32 Å². The van der Waals surface area contributed by atoms with E-state index in [1.165, 1.54) is 38.5 Å². The van der Waals surface area contributed by atoms with Gasteiger partial charge in [-0.1, -0.05) is 46.0 Å². The van der Waals surface area contributed by atoms with Gasteiger partial charge in [0.2, 0.25) is 0 Å². The zero-order valence-electron chi connectivity index (χ0n) is 11.7. The lowest BCUT2D eigenvalue weighted by Crippen LogP contribution is -2.51. The molecule has 1 heterocycles. The van der Waals surface area contributed by atoms with Gasteiger partial charge in [0.15, 0.2) is 0 Å². The van der Waals surface area contributed by atoms with Crippen molar-refractivity contribution in [1.29, 1.82) is 0 Å². The Hall–Kier alpha value is -0.370. The van der Waals surface area contributed by atoms with Crippen molar-refractivity contribution >= 4 is 6.29 Å². The van der Waals surface area contributed by atoms with E-state index in [0.717, 1.165) is 24.5 Å². The van der Waals surface area contributed by atoms with Crippen LogP contribution in [0.1, 0.15) is 65.7 Å². The molecule has 1 aliphatic carbocycles. The van der Waals surface area contributed by atoms with Crippen LogP contribution in [0.15, 0.2) is 0 Å². The molecule has 0 aromatic rings. The summed E-state index contributed by atoms with van der Waals surface area (Å²) in [7, 11) is 0. The van der Waals surface area contributed by atoms with Gasteiger partial charge in [-0.3, -0.25) is 0 Å². The lowest BCUT2D eigenvalue weighted by molar-refractivity contribution is -0.111. The van der Waals surface area contributed by atoms with E-state index in [9.17, 15) is 4.79 Å². The van der Waals surface area contributed by atoms with Crippen molar-refractivity contribution < 1.29 is 4.79 Å². The third-order valence-electron chi connectivity index (χ3n) is 4.31. The van der Waals surface area contributed by atoms with Crippen LogP contribution >= 0.6 is 0 Å². The molecule has 1 aliphatic heterocycles. The summed E-state index contributed by atoms with van der Waals surface area (Å²) >= 11 is 0. The fourth-order valence-corrected chi connectivity index (χ4v) is 3.49. The molecule has 2 rings (SSSR count). The third-order valence-corrected chi connectivity index (χ3v) is 4.31. The number of fused-ring (bicyclic) bond motifs is 1. The highest BCUT2D eigenvalue weighted by Gasteiger charge is 2.34. The Kier molecular flexibility index (Phi) is 6.79. The van der Waals surface area contributed by atoms with E-state index in [0.29, 0.717) is 6.04 Å². The highest BCUT2D eigenvalue weighted by atomic mass is 16.1. The molecule has 2 heteroatoms. The van der Waals surface area contributed by atoms with Gasteiger partial charge >= 0.3 is 0 Å². The van der Waals surface area contributed by atoms with Gasteiger partial charge in [-0.25, -0.2) is 0 Å². The average molecular weight is 239 g/mol. The molecule has 2 fully saturated rings. The van der Waals surface area contributed by atoms with E-state index in [1.54, 1.807) is 0 Å². The average Bonchev–Trinajstić information content (AvgIpc) is 2.33. The van der Waals surface area contributed by atoms with Crippen molar-refractivity contribution in [2.24, 2.45) is 11.8 Å². The largest absolute Gasteiger partial charge is 0.305 e. The van der Waals surface area contributed by atoms with Crippen LogP contribution in [0.2, 0.25) is 0 Å². The van der Waals surface area contributed by atoms with Crippen LogP contribution in [0.25, 0.3) is 0 Å². The summed E-state index contributed by atoms with van der Waals surface area (Å²) in [5.74, 6) is 1.62. The number of rotatable bonds is 1. The molecule has 0 aromatic heterocycles. The minimum absolute atomic E-state index is 0.126. The number of piperidine rings is 1. The second-order valence-corrected chi connectivity index (χ2v) is 5.35. The smallest absolute Gasteiger partial charge is 0.136 e. The van der Waals surface area contributed by atoms with Gasteiger partial charge in [-0.15, -0.1) is 0 Å². The van der Waals surface area contributed by atoms with Crippen LogP contribution in [-0.4, -0.2) is 18.4 Å². The Morgan fingerprint density at radius 3 is 2.35 bits per heavy atom. The van der Waals surface area contributed by atoms with Gasteiger partial charge in [-0.2, -0.15) is 0 Å². The Morgan fingerprint density at radius 1 is 1.06 bits per heavy atom. The quantitative estimate of drug-likeness (QED) is 0.709. The number of nitrogens with one attached hydrogen (secondary N) is 1. The number of hydrogen-bond donors (Lipinski definition) is 1. The molecule has 100 valence electrons. The highest BCUT2D eigenvalue weighted by Crippen LogP contribution is 2.36. The van der Waals surface area contributed by atoms with Crippen molar-refractivity contribution in [3.05, 3.63) is 0 Å². The van der Waals surface area contributed by atoms with Crippen molar-refractivity contribution in [2.75, 3.05) is 0 Å². The summed E-state index contributed by atoms with van der Waals surface area (Å²) in [6, 6.07) is 0.665. The van der Waals surface area contributed by atoms with E-state index < -0.39 is 0 Å². The molecule has 2 aliphatic rings. The zero-order valence-corrected chi connectivity index (χ0v) is 11.7. The van der Waals surface area contributed by atoms with Crippen molar-refractivity contribution in [2.45, 2.75) is 77.8 Å². The fraction of sp³-hybridized carbons (Fsp3) is 0.933. The number of aldehydes is 1. The fourth-order valence-electron chi connectivity index (χ4n) is 3.49. The lowest BCUT2D eigenvalue weighted by Gasteiger charge is -2.41. The standard InChI is InChI=1S/C13H23NO.C2H6/c1-10-13-7-5-3-2-4-6-11(13)8-12(9-15)14-10;1-2/h9-14H,2-8H2,1H3;1-2H3. The Bertz CT molecular complexity index is 217. The molecular formula is C15H29NO. The molecule has 0 aromatic carbocycles. The van der Waals surface area contributed by atoms with E-state index in [1.807, 2.05) is 13.8 Å². The molecule has 4 atom stereocenters. The van der Waals surface area contributed by atoms with E-state index in [4.69, 9.17) is 0 Å². The summed E-state index contributed by atoms with van der Waals surface area (Å²) in [5.41, 5.74) is 0. The van der Waals surface area contributed by atoms with Crippen LogP contribution in [-0.2, 0) is 4.79 Å². The molecule has 1 saturated heterocycles. The summed E-state index contributed by atoms with van der Waals surface area (Å²) in [5, 5.41) is 3.45. The van der Waals surface area contributed by atoms with Gasteiger partial charge in [0.1, 0.15) is 6.29 Å². The topological polar surface area (TPSA) is 29.1 Å². The summed E-state index contributed by atoms with van der Waals surface area (Å²) < 4.78 is 0. The molecule has 0 bridgehead atoms. The maximum absolute atomic E-state index is 10.9. The van der Waals surface area contributed by atoms with Crippen LogP contribution in [0.4, 0.5) is 0 Å². The minimum Gasteiger partial charge on any atom is -0.305 e. The predicted molar refractivity (Wildman–Crippen MR) is 73.1 cm³/mol. The molecule has 0 amide bonds. The maximum atomic E-state index is 10.9. The SMILES string of the molecule is CC.CC1NC(C=O)CC2CCCCCCC21. The van der Waals surface area contributed by atoms with Crippen LogP contribution in [0.3, 0.4) is 0 Å². The molecule has 0 radical (unpaired) electrons. The first-order valence-electron chi connectivity index (χ1n) is 7.52. The van der Waals surface area contributed by atoms with Gasteiger partial charge in [0.25, 0.3) is 0 Å². The normalized spacial score (nSPS) is 37.8. The number of hydrogen-bond acceptors (Lipinski definition) is 2. The van der Waals surface area contributed by atoms with Gasteiger partial charge in [-0.05, 0) is 31.6 Å². The molecule has 17 heavy (non-hydrogen) atoms. The highest BCUT2D eigenvalue weighted by molar-refractivity contribution is 5.57. The summed E-state index contributed by atoms with van der Waals surface area (Å²) in [6.07, 6.45) is 10.5. The zero-order chi connectivity index (χ0) is 12.7. The van der Waals surface area contributed by atoms with Crippen molar-refractivity contribution in [3.63, 3.8) is 0 Å². The second kappa shape index (κ2) is 7.86. The molecular weight excluding hydrogens is 210 g/mol. The molecule has 4 unspecified atom stereocenters. The Labute approximate surface area is 107 Å². The molecule has 1 saturated carbocycles. The first-order chi connectivity index (χ1) is 8.31. The monoisotopic (exact) mass is 239 g/mol. The number of carbonyl (C=O) groups is 1. The maximum Gasteiger partial charge on any atom is 0.136 e. The van der Waals surface area contributed by atoms with Crippen LogP contribution in [0.5, 0.6) is 0 Å². The molecule has 1 N–H and O–H groups in total. The van der Waals surface area contributed by atoms with Gasteiger partial charge in [0, 0.05) is 6.04 Å². The molecule has 0 spiro atoms. The number of carbonyl (C=O) groups excluding carboxylic acids is 1. The predicted octanol–water partition coefficient (Wildman–Crippen LogP) is 3.55.